The molecule has 0 aromatic rings. The Kier molecular flexibility index (Phi) is 2.82. The number of carbonyl (C=O) groups excluding carboxylic acids is 2. The summed E-state index contributed by atoms with van der Waals surface area (Å²) in [4.78, 5) is 26.4. The largest absolute Gasteiger partial charge is 0.388 e. The van der Waals surface area contributed by atoms with Crippen LogP contribution in [-0.4, -0.2) is 22.8 Å². The summed E-state index contributed by atoms with van der Waals surface area (Å²) in [6.45, 7) is 10.3. The molecule has 0 bridgehead atoms. The fraction of sp³-hybridized carbons (Fsp3) is 0.700. The van der Waals surface area contributed by atoms with Gasteiger partial charge in [-0.15, -0.1) is 0 Å². The molecule has 0 saturated heterocycles. The van der Waals surface area contributed by atoms with E-state index in [4.69, 9.17) is 0 Å². The van der Waals surface area contributed by atoms with Crippen LogP contribution >= 0.6 is 0 Å². The van der Waals surface area contributed by atoms with Crippen LogP contribution in [0, 0.1) is 40.4 Å². The first-order chi connectivity index (χ1) is 10.6. The van der Waals surface area contributed by atoms with Crippen LogP contribution < -0.4 is 0 Å². The number of hydrogen-bond acceptors (Lipinski definition) is 3. The molecule has 2 saturated carbocycles. The molecule has 1 N–H and O–H groups in total. The highest BCUT2D eigenvalue weighted by molar-refractivity contribution is 6.16. The quantitative estimate of drug-likeness (QED) is 0.552. The van der Waals surface area contributed by atoms with E-state index >= 15 is 0 Å². The van der Waals surface area contributed by atoms with Crippen LogP contribution in [-0.2, 0) is 9.59 Å². The van der Waals surface area contributed by atoms with E-state index in [0.29, 0.717) is 5.92 Å². The van der Waals surface area contributed by atoms with Gasteiger partial charge in [-0.25, -0.2) is 0 Å². The molecule has 3 heteroatoms. The van der Waals surface area contributed by atoms with Gasteiger partial charge in [-0.3, -0.25) is 9.59 Å². The Morgan fingerprint density at radius 1 is 1.13 bits per heavy atom. The van der Waals surface area contributed by atoms with Crippen LogP contribution in [0.3, 0.4) is 0 Å². The molecule has 0 aromatic heterocycles. The Bertz CT molecular complexity index is 683. The Hall–Kier alpha value is -1.22. The summed E-state index contributed by atoms with van der Waals surface area (Å²) in [6, 6.07) is 0. The maximum absolute atomic E-state index is 13.4. The van der Waals surface area contributed by atoms with Gasteiger partial charge in [0.2, 0.25) is 0 Å². The lowest BCUT2D eigenvalue weighted by molar-refractivity contribution is -0.151. The minimum atomic E-state index is -1.05. The van der Waals surface area contributed by atoms with Crippen molar-refractivity contribution in [2.24, 2.45) is 40.4 Å². The van der Waals surface area contributed by atoms with Crippen LogP contribution in [0.15, 0.2) is 23.3 Å². The number of fused-ring (bicyclic) bond motifs is 2. The van der Waals surface area contributed by atoms with Gasteiger partial charge in [0, 0.05) is 17.8 Å². The maximum atomic E-state index is 13.4. The van der Waals surface area contributed by atoms with Crippen molar-refractivity contribution in [3.05, 3.63) is 23.3 Å². The van der Waals surface area contributed by atoms with Gasteiger partial charge in [-0.2, -0.15) is 0 Å². The molecule has 0 aromatic carbocycles. The molecular formula is C20H26O3. The van der Waals surface area contributed by atoms with E-state index in [1.807, 2.05) is 26.8 Å². The summed E-state index contributed by atoms with van der Waals surface area (Å²) in [5, 5.41) is 11.0. The second-order valence-electron chi connectivity index (χ2n) is 8.94. The van der Waals surface area contributed by atoms with E-state index in [2.05, 4.69) is 13.8 Å². The molecule has 1 spiro atoms. The van der Waals surface area contributed by atoms with E-state index < -0.39 is 11.5 Å². The fourth-order valence-corrected chi connectivity index (χ4v) is 6.22. The topological polar surface area (TPSA) is 54.4 Å². The first kappa shape index (κ1) is 15.3. The van der Waals surface area contributed by atoms with E-state index in [-0.39, 0.29) is 40.7 Å². The summed E-state index contributed by atoms with van der Waals surface area (Å²) in [6.07, 6.45) is 3.82. The number of carbonyl (C=O) groups is 2. The van der Waals surface area contributed by atoms with Gasteiger partial charge >= 0.3 is 0 Å². The predicted octanol–water partition coefficient (Wildman–Crippen LogP) is 2.94. The number of ketones is 2. The highest BCUT2D eigenvalue weighted by Crippen LogP contribution is 2.73. The van der Waals surface area contributed by atoms with E-state index in [1.165, 1.54) is 0 Å². The summed E-state index contributed by atoms with van der Waals surface area (Å²) < 4.78 is 0. The molecule has 124 valence electrons. The zero-order valence-electron chi connectivity index (χ0n) is 14.6. The van der Waals surface area contributed by atoms with Crippen molar-refractivity contribution in [2.45, 2.75) is 47.1 Å². The van der Waals surface area contributed by atoms with Crippen LogP contribution in [0.2, 0.25) is 0 Å². The van der Waals surface area contributed by atoms with Gasteiger partial charge in [0.05, 0.1) is 6.10 Å². The minimum Gasteiger partial charge on any atom is -0.388 e. The van der Waals surface area contributed by atoms with Crippen molar-refractivity contribution in [3.63, 3.8) is 0 Å². The van der Waals surface area contributed by atoms with Gasteiger partial charge < -0.3 is 5.11 Å². The Balaban J connectivity index is 1.98. The van der Waals surface area contributed by atoms with E-state index in [0.717, 1.165) is 17.6 Å². The van der Waals surface area contributed by atoms with Crippen LogP contribution in [0.4, 0.5) is 0 Å². The van der Waals surface area contributed by atoms with Crippen LogP contribution in [0.25, 0.3) is 0 Å². The summed E-state index contributed by atoms with van der Waals surface area (Å²) in [5.41, 5.74) is 0.952. The van der Waals surface area contributed by atoms with E-state index in [9.17, 15) is 14.7 Å². The lowest BCUT2D eigenvalue weighted by atomic mass is 9.54. The number of aliphatic hydroxyl groups is 1. The third kappa shape index (κ3) is 1.55. The van der Waals surface area contributed by atoms with Gasteiger partial charge in [0.25, 0.3) is 0 Å². The zero-order valence-corrected chi connectivity index (χ0v) is 14.6. The predicted molar refractivity (Wildman–Crippen MR) is 87.5 cm³/mol. The lowest BCUT2D eigenvalue weighted by Gasteiger charge is -2.46. The molecule has 0 aliphatic heterocycles. The number of rotatable bonds is 0. The molecule has 23 heavy (non-hydrogen) atoms. The van der Waals surface area contributed by atoms with Crippen molar-refractivity contribution in [1.82, 2.24) is 0 Å². The first-order valence-electron chi connectivity index (χ1n) is 8.78. The molecule has 2 fully saturated rings. The van der Waals surface area contributed by atoms with Crippen LogP contribution in [0.1, 0.15) is 41.0 Å². The molecule has 4 aliphatic rings. The molecular weight excluding hydrogens is 288 g/mol. The minimum absolute atomic E-state index is 0.0620. The van der Waals surface area contributed by atoms with Crippen LogP contribution in [0.5, 0.6) is 0 Å². The third-order valence-corrected chi connectivity index (χ3v) is 7.50. The van der Waals surface area contributed by atoms with Crippen molar-refractivity contribution in [3.8, 4) is 0 Å². The molecule has 4 rings (SSSR count). The van der Waals surface area contributed by atoms with Crippen molar-refractivity contribution >= 4 is 11.6 Å². The fourth-order valence-electron chi connectivity index (χ4n) is 6.22. The maximum Gasteiger partial charge on any atom is 0.170 e. The number of Topliss-reactive ketones (excluding diaryl/α,β-unsaturated/α-hetero) is 1. The standard InChI is InChI=1S/C20H26O3/c1-9-8-14(21)20-12(9)6-10(2)17(22)16(20)15-13(19(15,4)5)7-11(3)18(20)23/h6,8,11-13,15-17,22H,7H2,1-5H3/t11-,12+,13-,15-,16-,17+,20+/m1/s1. The third-order valence-electron chi connectivity index (χ3n) is 7.50. The summed E-state index contributed by atoms with van der Waals surface area (Å²) in [7, 11) is 0. The Labute approximate surface area is 137 Å². The highest BCUT2D eigenvalue weighted by Gasteiger charge is 2.74. The molecule has 0 radical (unpaired) electrons. The van der Waals surface area contributed by atoms with Crippen molar-refractivity contribution in [2.75, 3.05) is 0 Å². The average Bonchev–Trinajstić information content (AvgIpc) is 2.92. The van der Waals surface area contributed by atoms with E-state index in [1.54, 1.807) is 6.08 Å². The second-order valence-corrected chi connectivity index (χ2v) is 8.94. The number of hydrogen-bond donors (Lipinski definition) is 1. The van der Waals surface area contributed by atoms with Crippen molar-refractivity contribution in [1.29, 1.82) is 0 Å². The number of aliphatic hydroxyl groups excluding tert-OH is 1. The average molecular weight is 314 g/mol. The highest BCUT2D eigenvalue weighted by atomic mass is 16.3. The monoisotopic (exact) mass is 314 g/mol. The molecule has 3 nitrogen and oxygen atoms in total. The van der Waals surface area contributed by atoms with Gasteiger partial charge in [-0.05, 0) is 49.2 Å². The SMILES string of the molecule is CC1=C[C@H]2C(C)=CC(=O)[C@@]23C(=O)[C@H](C)C[C@@H]2[C@H]([C@@H]3[C@H]1O)C2(C)C. The van der Waals surface area contributed by atoms with Gasteiger partial charge in [-0.1, -0.05) is 32.4 Å². The summed E-state index contributed by atoms with van der Waals surface area (Å²) >= 11 is 0. The molecule has 4 aliphatic carbocycles. The van der Waals surface area contributed by atoms with Gasteiger partial charge in [0.15, 0.2) is 11.6 Å². The second kappa shape index (κ2) is 4.24. The molecule has 0 unspecified atom stereocenters. The zero-order chi connectivity index (χ0) is 16.9. The summed E-state index contributed by atoms with van der Waals surface area (Å²) in [5.74, 6) is 0.148. The van der Waals surface area contributed by atoms with Crippen molar-refractivity contribution < 1.29 is 14.7 Å². The molecule has 0 amide bonds. The normalized spacial score (nSPS) is 50.3. The lowest BCUT2D eigenvalue weighted by Crippen LogP contribution is -2.56. The molecule has 7 atom stereocenters. The smallest absolute Gasteiger partial charge is 0.170 e. The molecule has 0 heterocycles. The Morgan fingerprint density at radius 3 is 2.43 bits per heavy atom. The Morgan fingerprint density at radius 2 is 1.78 bits per heavy atom. The number of allylic oxidation sites excluding steroid dienone is 3. The van der Waals surface area contributed by atoms with Gasteiger partial charge in [0.1, 0.15) is 5.41 Å². The first-order valence-corrected chi connectivity index (χ1v) is 8.78.